The Labute approximate surface area is 109 Å². The van der Waals surface area contributed by atoms with Crippen molar-refractivity contribution in [3.8, 4) is 0 Å². The van der Waals surface area contributed by atoms with Gasteiger partial charge in [-0.25, -0.2) is 8.42 Å². The van der Waals surface area contributed by atoms with Gasteiger partial charge in [-0.1, -0.05) is 0 Å². The summed E-state index contributed by atoms with van der Waals surface area (Å²) in [6.07, 6.45) is 1.64. The van der Waals surface area contributed by atoms with E-state index in [0.717, 1.165) is 12.8 Å². The smallest absolute Gasteiger partial charge is 0.216 e. The molecule has 2 fully saturated rings. The molecule has 6 nitrogen and oxygen atoms in total. The monoisotopic (exact) mass is 278 g/mol. The highest BCUT2D eigenvalue weighted by molar-refractivity contribution is 7.89. The maximum atomic E-state index is 12.3. The first kappa shape index (κ1) is 14.2. The van der Waals surface area contributed by atoms with Crippen molar-refractivity contribution in [3.63, 3.8) is 0 Å². The van der Waals surface area contributed by atoms with Crippen molar-refractivity contribution in [1.82, 2.24) is 9.62 Å². The molecule has 0 aromatic carbocycles. The predicted octanol–water partition coefficient (Wildman–Crippen LogP) is -0.585. The van der Waals surface area contributed by atoms with E-state index in [9.17, 15) is 8.42 Å². The Balaban J connectivity index is 1.91. The minimum absolute atomic E-state index is 0.0528. The SMILES string of the molecule is CNCC1CN(S(=O)(=O)CC2CCCO2)CCO1. The number of morpholine rings is 1. The van der Waals surface area contributed by atoms with Crippen molar-refractivity contribution in [3.05, 3.63) is 0 Å². The van der Waals surface area contributed by atoms with E-state index in [4.69, 9.17) is 9.47 Å². The molecule has 0 amide bonds. The zero-order valence-corrected chi connectivity index (χ0v) is 11.6. The molecule has 0 bridgehead atoms. The summed E-state index contributed by atoms with van der Waals surface area (Å²) in [5, 5.41) is 3.01. The number of hydrogen-bond acceptors (Lipinski definition) is 5. The van der Waals surface area contributed by atoms with E-state index in [1.54, 1.807) is 4.31 Å². The lowest BCUT2D eigenvalue weighted by molar-refractivity contribution is 0.000419. The number of nitrogens with zero attached hydrogens (tertiary/aromatic N) is 1. The molecule has 2 heterocycles. The van der Waals surface area contributed by atoms with Crippen LogP contribution in [0, 0.1) is 0 Å². The molecule has 2 saturated heterocycles. The number of sulfonamides is 1. The van der Waals surface area contributed by atoms with Gasteiger partial charge in [0, 0.05) is 26.2 Å². The van der Waals surface area contributed by atoms with Gasteiger partial charge in [0.25, 0.3) is 0 Å². The average molecular weight is 278 g/mol. The summed E-state index contributed by atoms with van der Waals surface area (Å²) in [4.78, 5) is 0. The van der Waals surface area contributed by atoms with Crippen molar-refractivity contribution in [2.45, 2.75) is 25.0 Å². The summed E-state index contributed by atoms with van der Waals surface area (Å²) in [7, 11) is -1.38. The van der Waals surface area contributed by atoms with E-state index in [0.29, 0.717) is 32.8 Å². The van der Waals surface area contributed by atoms with Gasteiger partial charge in [0.15, 0.2) is 0 Å². The molecule has 2 aliphatic heterocycles. The Kier molecular flexibility index (Phi) is 4.97. The van der Waals surface area contributed by atoms with E-state index in [1.165, 1.54) is 0 Å². The van der Waals surface area contributed by atoms with Crippen molar-refractivity contribution < 1.29 is 17.9 Å². The Morgan fingerprint density at radius 3 is 2.72 bits per heavy atom. The zero-order valence-electron chi connectivity index (χ0n) is 10.8. The summed E-state index contributed by atoms with van der Waals surface area (Å²) in [6.45, 7) is 2.72. The van der Waals surface area contributed by atoms with Gasteiger partial charge in [-0.3, -0.25) is 0 Å². The van der Waals surface area contributed by atoms with E-state index in [1.807, 2.05) is 7.05 Å². The first-order valence-electron chi connectivity index (χ1n) is 6.47. The molecular formula is C11H22N2O4S. The van der Waals surface area contributed by atoms with Gasteiger partial charge in [0.2, 0.25) is 10.0 Å². The van der Waals surface area contributed by atoms with Crippen LogP contribution in [0.5, 0.6) is 0 Å². The molecule has 106 valence electrons. The van der Waals surface area contributed by atoms with Gasteiger partial charge in [-0.05, 0) is 19.9 Å². The first-order chi connectivity index (χ1) is 8.62. The lowest BCUT2D eigenvalue weighted by Crippen LogP contribution is -2.50. The number of nitrogens with one attached hydrogen (secondary N) is 1. The maximum absolute atomic E-state index is 12.3. The quantitative estimate of drug-likeness (QED) is 0.728. The molecule has 0 radical (unpaired) electrons. The molecule has 2 aliphatic rings. The second-order valence-electron chi connectivity index (χ2n) is 4.82. The predicted molar refractivity (Wildman–Crippen MR) is 68.0 cm³/mol. The number of rotatable bonds is 5. The normalized spacial score (nSPS) is 30.7. The van der Waals surface area contributed by atoms with Gasteiger partial charge >= 0.3 is 0 Å². The highest BCUT2D eigenvalue weighted by Crippen LogP contribution is 2.17. The molecule has 0 aromatic heterocycles. The fourth-order valence-electron chi connectivity index (χ4n) is 2.41. The van der Waals surface area contributed by atoms with Crippen LogP contribution < -0.4 is 5.32 Å². The van der Waals surface area contributed by atoms with Crippen LogP contribution in [0.3, 0.4) is 0 Å². The van der Waals surface area contributed by atoms with Crippen LogP contribution in [0.2, 0.25) is 0 Å². The van der Waals surface area contributed by atoms with E-state index in [-0.39, 0.29) is 18.0 Å². The zero-order chi connectivity index (χ0) is 13.0. The van der Waals surface area contributed by atoms with Crippen LogP contribution >= 0.6 is 0 Å². The third-order valence-corrected chi connectivity index (χ3v) is 5.26. The number of ether oxygens (including phenoxy) is 2. The molecule has 0 aromatic rings. The third-order valence-electron chi connectivity index (χ3n) is 3.35. The molecular weight excluding hydrogens is 256 g/mol. The van der Waals surface area contributed by atoms with E-state index >= 15 is 0 Å². The van der Waals surface area contributed by atoms with Gasteiger partial charge in [-0.2, -0.15) is 4.31 Å². The molecule has 2 atom stereocenters. The van der Waals surface area contributed by atoms with Gasteiger partial charge in [0.05, 0.1) is 24.6 Å². The van der Waals surface area contributed by atoms with Crippen LogP contribution in [0.25, 0.3) is 0 Å². The van der Waals surface area contributed by atoms with Crippen LogP contribution in [-0.4, -0.2) is 70.6 Å². The van der Waals surface area contributed by atoms with Gasteiger partial charge < -0.3 is 14.8 Å². The van der Waals surface area contributed by atoms with E-state index < -0.39 is 10.0 Å². The molecule has 0 aliphatic carbocycles. The second kappa shape index (κ2) is 6.29. The van der Waals surface area contributed by atoms with Gasteiger partial charge in [0.1, 0.15) is 0 Å². The van der Waals surface area contributed by atoms with Crippen LogP contribution in [0.4, 0.5) is 0 Å². The first-order valence-corrected chi connectivity index (χ1v) is 8.08. The largest absolute Gasteiger partial charge is 0.377 e. The summed E-state index contributed by atoms with van der Waals surface area (Å²) >= 11 is 0. The second-order valence-corrected chi connectivity index (χ2v) is 6.84. The molecule has 0 spiro atoms. The molecule has 18 heavy (non-hydrogen) atoms. The number of hydrogen-bond donors (Lipinski definition) is 1. The average Bonchev–Trinajstić information content (AvgIpc) is 2.82. The van der Waals surface area contributed by atoms with Crippen LogP contribution in [-0.2, 0) is 19.5 Å². The van der Waals surface area contributed by atoms with Crippen molar-refractivity contribution >= 4 is 10.0 Å². The Morgan fingerprint density at radius 2 is 2.06 bits per heavy atom. The van der Waals surface area contributed by atoms with Crippen molar-refractivity contribution in [2.24, 2.45) is 0 Å². The minimum Gasteiger partial charge on any atom is -0.377 e. The molecule has 2 rings (SSSR count). The molecule has 1 N–H and O–H groups in total. The highest BCUT2D eigenvalue weighted by Gasteiger charge is 2.32. The van der Waals surface area contributed by atoms with E-state index in [2.05, 4.69) is 5.32 Å². The standard InChI is InChI=1S/C11H22N2O4S/c1-12-7-11-8-13(4-6-17-11)18(14,15)9-10-3-2-5-16-10/h10-12H,2-9H2,1H3. The van der Waals surface area contributed by atoms with Crippen molar-refractivity contribution in [2.75, 3.05) is 45.6 Å². The molecule has 0 saturated carbocycles. The lowest BCUT2D eigenvalue weighted by atomic mass is 10.3. The molecule has 2 unspecified atom stereocenters. The summed E-state index contributed by atoms with van der Waals surface area (Å²) in [6, 6.07) is 0. The fraction of sp³-hybridized carbons (Fsp3) is 1.00. The summed E-state index contributed by atoms with van der Waals surface area (Å²) in [5.41, 5.74) is 0. The fourth-order valence-corrected chi connectivity index (χ4v) is 4.10. The molecule has 7 heteroatoms. The maximum Gasteiger partial charge on any atom is 0.216 e. The van der Waals surface area contributed by atoms with Crippen LogP contribution in [0.1, 0.15) is 12.8 Å². The van der Waals surface area contributed by atoms with Gasteiger partial charge in [-0.15, -0.1) is 0 Å². The topological polar surface area (TPSA) is 67.9 Å². The minimum atomic E-state index is -3.22. The lowest BCUT2D eigenvalue weighted by Gasteiger charge is -2.32. The summed E-state index contributed by atoms with van der Waals surface area (Å²) < 4.78 is 37.0. The van der Waals surface area contributed by atoms with Crippen LogP contribution in [0.15, 0.2) is 0 Å². The summed E-state index contributed by atoms with van der Waals surface area (Å²) in [5.74, 6) is 0.110. The Morgan fingerprint density at radius 1 is 1.28 bits per heavy atom. The Bertz CT molecular complexity index is 352. The van der Waals surface area contributed by atoms with Crippen molar-refractivity contribution in [1.29, 1.82) is 0 Å². The highest BCUT2D eigenvalue weighted by atomic mass is 32.2. The third kappa shape index (κ3) is 3.64. The Hall–Kier alpha value is -0.210. The number of likely N-dealkylation sites (N-methyl/N-ethyl adjacent to an activating group) is 1.